The minimum atomic E-state index is -1.02. The van der Waals surface area contributed by atoms with E-state index in [0.717, 1.165) is 5.56 Å². The van der Waals surface area contributed by atoms with Gasteiger partial charge in [-0.05, 0) is 18.2 Å². The van der Waals surface area contributed by atoms with Crippen LogP contribution in [-0.4, -0.2) is 11.8 Å². The van der Waals surface area contributed by atoms with Crippen LogP contribution in [0.25, 0.3) is 11.3 Å². The van der Waals surface area contributed by atoms with Gasteiger partial charge in [-0.3, -0.25) is 9.59 Å². The average Bonchev–Trinajstić information content (AvgIpc) is 2.95. The molecule has 0 fully saturated rings. The van der Waals surface area contributed by atoms with Crippen molar-refractivity contribution in [3.8, 4) is 11.3 Å². The summed E-state index contributed by atoms with van der Waals surface area (Å²) < 4.78 is 10.3. The van der Waals surface area contributed by atoms with E-state index in [2.05, 4.69) is 5.32 Å². The van der Waals surface area contributed by atoms with E-state index in [1.54, 1.807) is 24.5 Å². The van der Waals surface area contributed by atoms with Crippen molar-refractivity contribution >= 4 is 11.8 Å². The third-order valence-electron chi connectivity index (χ3n) is 2.11. The highest BCUT2D eigenvalue weighted by Gasteiger charge is 2.10. The van der Waals surface area contributed by atoms with E-state index in [9.17, 15) is 9.59 Å². The second-order valence-corrected chi connectivity index (χ2v) is 3.32. The summed E-state index contributed by atoms with van der Waals surface area (Å²) in [5.41, 5.74) is 5.59. The molecule has 0 radical (unpaired) electrons. The molecule has 0 aliphatic carbocycles. The Hall–Kier alpha value is -2.50. The Morgan fingerprint density at radius 3 is 2.76 bits per heavy atom. The molecule has 6 nitrogen and oxygen atoms in total. The fourth-order valence-electron chi connectivity index (χ4n) is 1.29. The molecule has 2 rings (SSSR count). The molecule has 2 aromatic heterocycles. The Balaban J connectivity index is 2.00. The smallest absolute Gasteiger partial charge is 0.309 e. The van der Waals surface area contributed by atoms with Crippen molar-refractivity contribution in [2.45, 2.75) is 6.54 Å². The Morgan fingerprint density at radius 1 is 1.29 bits per heavy atom. The molecule has 88 valence electrons. The van der Waals surface area contributed by atoms with Gasteiger partial charge in [-0.2, -0.15) is 0 Å². The number of nitrogens with two attached hydrogens (primary N) is 1. The first-order valence-electron chi connectivity index (χ1n) is 4.86. The van der Waals surface area contributed by atoms with Crippen LogP contribution >= 0.6 is 0 Å². The highest BCUT2D eigenvalue weighted by Crippen LogP contribution is 2.22. The number of hydrogen-bond acceptors (Lipinski definition) is 4. The van der Waals surface area contributed by atoms with Crippen molar-refractivity contribution in [3.05, 3.63) is 36.5 Å². The second-order valence-electron chi connectivity index (χ2n) is 3.32. The van der Waals surface area contributed by atoms with Crippen LogP contribution < -0.4 is 11.1 Å². The standard InChI is InChI=1S/C11H10N2O4/c12-10(14)11(15)13-5-8-1-2-9(17-8)7-3-4-16-6-7/h1-4,6H,5H2,(H2,12,14)(H,13,15). The number of amides is 2. The molecule has 0 aromatic carbocycles. The minimum absolute atomic E-state index is 0.111. The number of nitrogens with one attached hydrogen (secondary N) is 1. The molecular weight excluding hydrogens is 224 g/mol. The lowest BCUT2D eigenvalue weighted by Gasteiger charge is -1.98. The summed E-state index contributed by atoms with van der Waals surface area (Å²) in [5, 5.41) is 2.33. The van der Waals surface area contributed by atoms with Crippen LogP contribution in [0.5, 0.6) is 0 Å². The molecule has 17 heavy (non-hydrogen) atoms. The lowest BCUT2D eigenvalue weighted by Crippen LogP contribution is -2.35. The van der Waals surface area contributed by atoms with Crippen LogP contribution in [0.1, 0.15) is 5.76 Å². The van der Waals surface area contributed by atoms with Crippen LogP contribution in [0.15, 0.2) is 39.6 Å². The van der Waals surface area contributed by atoms with Gasteiger partial charge in [0, 0.05) is 0 Å². The van der Waals surface area contributed by atoms with Crippen molar-refractivity contribution in [2.24, 2.45) is 5.73 Å². The lowest BCUT2D eigenvalue weighted by atomic mass is 10.3. The van der Waals surface area contributed by atoms with Gasteiger partial charge in [0.25, 0.3) is 0 Å². The zero-order chi connectivity index (χ0) is 12.3. The van der Waals surface area contributed by atoms with E-state index in [1.807, 2.05) is 0 Å². The topological polar surface area (TPSA) is 98.5 Å². The van der Waals surface area contributed by atoms with E-state index in [0.29, 0.717) is 11.5 Å². The Morgan fingerprint density at radius 2 is 2.12 bits per heavy atom. The molecule has 0 aliphatic rings. The fraction of sp³-hybridized carbons (Fsp3) is 0.0909. The Kier molecular flexibility index (Phi) is 2.95. The van der Waals surface area contributed by atoms with Crippen LogP contribution in [-0.2, 0) is 16.1 Å². The summed E-state index contributed by atoms with van der Waals surface area (Å²) in [5.74, 6) is -0.712. The Bertz CT molecular complexity index is 527. The molecule has 0 atom stereocenters. The van der Waals surface area contributed by atoms with Gasteiger partial charge in [0.05, 0.1) is 18.4 Å². The Labute approximate surface area is 96.4 Å². The predicted molar refractivity (Wildman–Crippen MR) is 57.5 cm³/mol. The number of furan rings is 2. The normalized spacial score (nSPS) is 10.1. The quantitative estimate of drug-likeness (QED) is 0.761. The number of hydrogen-bond donors (Lipinski definition) is 2. The van der Waals surface area contributed by atoms with Gasteiger partial charge in [-0.1, -0.05) is 0 Å². The molecule has 0 bridgehead atoms. The maximum absolute atomic E-state index is 10.9. The summed E-state index contributed by atoms with van der Waals surface area (Å²) in [6.07, 6.45) is 3.08. The highest BCUT2D eigenvalue weighted by molar-refractivity contribution is 6.34. The molecule has 0 unspecified atom stereocenters. The maximum Gasteiger partial charge on any atom is 0.309 e. The monoisotopic (exact) mass is 234 g/mol. The third kappa shape index (κ3) is 2.54. The molecule has 0 spiro atoms. The van der Waals surface area contributed by atoms with Crippen LogP contribution in [0.3, 0.4) is 0 Å². The largest absolute Gasteiger partial charge is 0.472 e. The lowest BCUT2D eigenvalue weighted by molar-refractivity contribution is -0.137. The van der Waals surface area contributed by atoms with E-state index in [4.69, 9.17) is 14.6 Å². The van der Waals surface area contributed by atoms with Crippen molar-refractivity contribution in [1.82, 2.24) is 5.32 Å². The zero-order valence-electron chi connectivity index (χ0n) is 8.80. The molecule has 2 amide bonds. The predicted octanol–water partition coefficient (Wildman–Crippen LogP) is 0.641. The van der Waals surface area contributed by atoms with Crippen LogP contribution in [0.4, 0.5) is 0 Å². The van der Waals surface area contributed by atoms with E-state index >= 15 is 0 Å². The third-order valence-corrected chi connectivity index (χ3v) is 2.11. The fourth-order valence-corrected chi connectivity index (χ4v) is 1.29. The van der Waals surface area contributed by atoms with E-state index in [-0.39, 0.29) is 6.54 Å². The van der Waals surface area contributed by atoms with Gasteiger partial charge in [-0.25, -0.2) is 0 Å². The van der Waals surface area contributed by atoms with Gasteiger partial charge in [-0.15, -0.1) is 0 Å². The van der Waals surface area contributed by atoms with Gasteiger partial charge in [0.1, 0.15) is 17.8 Å². The molecular formula is C11H10N2O4. The number of carbonyl (C=O) groups is 2. The number of carbonyl (C=O) groups excluding carboxylic acids is 2. The first-order valence-corrected chi connectivity index (χ1v) is 4.86. The van der Waals surface area contributed by atoms with Gasteiger partial charge < -0.3 is 19.9 Å². The number of rotatable bonds is 3. The minimum Gasteiger partial charge on any atom is -0.472 e. The molecule has 6 heteroatoms. The van der Waals surface area contributed by atoms with Gasteiger partial charge in [0.2, 0.25) is 0 Å². The van der Waals surface area contributed by atoms with Gasteiger partial charge >= 0.3 is 11.8 Å². The summed E-state index contributed by atoms with van der Waals surface area (Å²) in [6.45, 7) is 0.111. The second kappa shape index (κ2) is 4.56. The summed E-state index contributed by atoms with van der Waals surface area (Å²) >= 11 is 0. The first kappa shape index (κ1) is 11.0. The van der Waals surface area contributed by atoms with Crippen LogP contribution in [0.2, 0.25) is 0 Å². The van der Waals surface area contributed by atoms with Gasteiger partial charge in [0.15, 0.2) is 0 Å². The van der Waals surface area contributed by atoms with Crippen molar-refractivity contribution in [1.29, 1.82) is 0 Å². The summed E-state index contributed by atoms with van der Waals surface area (Å²) in [6, 6.07) is 5.20. The van der Waals surface area contributed by atoms with Crippen molar-refractivity contribution in [3.63, 3.8) is 0 Å². The molecule has 2 aromatic rings. The highest BCUT2D eigenvalue weighted by atomic mass is 16.3. The summed E-state index contributed by atoms with van der Waals surface area (Å²) in [4.78, 5) is 21.4. The maximum atomic E-state index is 10.9. The van der Waals surface area contributed by atoms with Crippen molar-refractivity contribution in [2.75, 3.05) is 0 Å². The first-order chi connectivity index (χ1) is 8.16. The number of primary amides is 1. The molecule has 3 N–H and O–H groups in total. The SMILES string of the molecule is NC(=O)C(=O)NCc1ccc(-c2ccoc2)o1. The summed E-state index contributed by atoms with van der Waals surface area (Å²) in [7, 11) is 0. The zero-order valence-corrected chi connectivity index (χ0v) is 8.80. The van der Waals surface area contributed by atoms with E-state index in [1.165, 1.54) is 6.26 Å². The average molecular weight is 234 g/mol. The molecule has 0 saturated heterocycles. The molecule has 2 heterocycles. The molecule has 0 aliphatic heterocycles. The molecule has 0 saturated carbocycles. The van der Waals surface area contributed by atoms with Crippen molar-refractivity contribution < 1.29 is 18.4 Å². The van der Waals surface area contributed by atoms with Crippen LogP contribution in [0, 0.1) is 0 Å². The van der Waals surface area contributed by atoms with E-state index < -0.39 is 11.8 Å².